The number of aromatic nitrogens is 4. The van der Waals surface area contributed by atoms with Crippen LogP contribution in [-0.4, -0.2) is 62.9 Å². The van der Waals surface area contributed by atoms with Gasteiger partial charge in [-0.05, 0) is 22.2 Å². The van der Waals surface area contributed by atoms with Crippen molar-refractivity contribution in [2.45, 2.75) is 37.7 Å². The van der Waals surface area contributed by atoms with Gasteiger partial charge in [0.05, 0.1) is 17.1 Å². The highest BCUT2D eigenvalue weighted by Crippen LogP contribution is 2.41. The Labute approximate surface area is 154 Å². The molecule has 0 N–H and O–H groups in total. The van der Waals surface area contributed by atoms with Crippen LogP contribution in [0.5, 0.6) is 0 Å². The van der Waals surface area contributed by atoms with E-state index in [0.717, 1.165) is 16.7 Å². The first-order chi connectivity index (χ1) is 12.0. The summed E-state index contributed by atoms with van der Waals surface area (Å²) < 4.78 is 31.9. The normalized spacial score (nSPS) is 22.1. The predicted molar refractivity (Wildman–Crippen MR) is 91.1 cm³/mol. The largest absolute Gasteiger partial charge is 0.470 e. The molecule has 10 nitrogen and oxygen atoms in total. The van der Waals surface area contributed by atoms with Crippen molar-refractivity contribution in [3.63, 3.8) is 0 Å². The number of sulfone groups is 1. The van der Waals surface area contributed by atoms with Crippen molar-refractivity contribution in [1.82, 2.24) is 25.1 Å². The number of ether oxygens (including phenoxy) is 1. The summed E-state index contributed by atoms with van der Waals surface area (Å²) in [6.45, 7) is 5.03. The molecule has 1 aromatic heterocycles. The van der Waals surface area contributed by atoms with Crippen molar-refractivity contribution in [3.8, 4) is 0 Å². The van der Waals surface area contributed by atoms with Crippen LogP contribution in [0, 0.1) is 5.41 Å². The maximum Gasteiger partial charge on any atom is 0.233 e. The molecular formula is C14H19N5O5S2. The van der Waals surface area contributed by atoms with E-state index >= 15 is 0 Å². The number of thioether (sulfide) groups is 1. The van der Waals surface area contributed by atoms with Gasteiger partial charge in [-0.2, -0.15) is 0 Å². The van der Waals surface area contributed by atoms with E-state index in [4.69, 9.17) is 4.74 Å². The molecular weight excluding hydrogens is 382 g/mol. The van der Waals surface area contributed by atoms with Crippen LogP contribution in [0.2, 0.25) is 0 Å². The Hall–Kier alpha value is -1.95. The van der Waals surface area contributed by atoms with Crippen LogP contribution in [0.3, 0.4) is 0 Å². The number of ketones is 1. The number of fused-ring (bicyclic) bond motifs is 1. The van der Waals surface area contributed by atoms with E-state index in [1.54, 1.807) is 27.8 Å². The molecule has 1 atom stereocenters. The van der Waals surface area contributed by atoms with Gasteiger partial charge in [0.1, 0.15) is 6.61 Å². The molecule has 3 rings (SSSR count). The number of nitrogens with zero attached hydrogens (tertiary/aromatic N) is 5. The van der Waals surface area contributed by atoms with E-state index < -0.39 is 20.6 Å². The zero-order valence-electron chi connectivity index (χ0n) is 14.8. The van der Waals surface area contributed by atoms with Crippen molar-refractivity contribution in [1.29, 1.82) is 0 Å². The van der Waals surface area contributed by atoms with Crippen LogP contribution >= 0.6 is 11.8 Å². The first kappa shape index (κ1) is 18.8. The van der Waals surface area contributed by atoms with Gasteiger partial charge in [0.2, 0.25) is 16.9 Å². The molecule has 1 fully saturated rings. The number of tetrazole rings is 1. The van der Waals surface area contributed by atoms with Gasteiger partial charge in [-0.15, -0.1) is 5.10 Å². The van der Waals surface area contributed by atoms with Gasteiger partial charge < -0.3 is 4.74 Å². The van der Waals surface area contributed by atoms with E-state index in [1.165, 1.54) is 4.68 Å². The van der Waals surface area contributed by atoms with Crippen molar-refractivity contribution in [3.05, 3.63) is 10.8 Å². The molecule has 0 spiro atoms. The van der Waals surface area contributed by atoms with Crippen molar-refractivity contribution >= 4 is 33.3 Å². The summed E-state index contributed by atoms with van der Waals surface area (Å²) in [5.41, 5.74) is -0.611. The molecule has 0 radical (unpaired) electrons. The SMILES string of the molecule is Cn1nnnc1SC1=C(OCC(=O)C(C)(C)C)N2C(=O)C[C@@H]2S(=O)(=O)C1. The standard InChI is InChI=1S/C14H19N5O5S2/c1-14(2,3)9(20)6-24-12-8(25-13-15-16-17-18(13)4)7-26(22,23)11-5-10(21)19(11)12/h11H,5-7H2,1-4H3/t11-/m0/s1. The average molecular weight is 401 g/mol. The zero-order chi connectivity index (χ0) is 19.3. The quantitative estimate of drug-likeness (QED) is 0.631. The lowest BCUT2D eigenvalue weighted by atomic mass is 9.91. The van der Waals surface area contributed by atoms with E-state index in [-0.39, 0.29) is 41.3 Å². The highest BCUT2D eigenvalue weighted by Gasteiger charge is 2.52. The third-order valence-corrected chi connectivity index (χ3v) is 7.26. The molecule has 142 valence electrons. The number of hydrogen-bond donors (Lipinski definition) is 0. The number of carbonyl (C=O) groups is 2. The molecule has 2 aliphatic heterocycles. The number of amides is 1. The molecule has 1 saturated heterocycles. The van der Waals surface area contributed by atoms with Crippen LogP contribution in [0.15, 0.2) is 15.9 Å². The Kier molecular flexibility index (Phi) is 4.59. The first-order valence-corrected chi connectivity index (χ1v) is 10.4. The van der Waals surface area contributed by atoms with Crippen LogP contribution in [0.25, 0.3) is 0 Å². The molecule has 3 heterocycles. The molecule has 12 heteroatoms. The fourth-order valence-electron chi connectivity index (χ4n) is 2.39. The minimum absolute atomic E-state index is 0.0775. The number of rotatable bonds is 5. The summed E-state index contributed by atoms with van der Waals surface area (Å²) in [6.07, 6.45) is -0.0775. The molecule has 0 unspecified atom stereocenters. The first-order valence-electron chi connectivity index (χ1n) is 7.84. The molecule has 2 aliphatic rings. The summed E-state index contributed by atoms with van der Waals surface area (Å²) in [7, 11) is -1.93. The van der Waals surface area contributed by atoms with E-state index in [0.29, 0.717) is 5.16 Å². The number of Topliss-reactive ketones (excluding diaryl/α,β-unsaturated/α-hetero) is 1. The fraction of sp³-hybridized carbons (Fsp3) is 0.643. The fourth-order valence-corrected chi connectivity index (χ4v) is 5.44. The maximum atomic E-state index is 12.4. The lowest BCUT2D eigenvalue weighted by molar-refractivity contribution is -0.145. The second kappa shape index (κ2) is 6.34. The number of hydrogen-bond acceptors (Lipinski definition) is 9. The van der Waals surface area contributed by atoms with Crippen molar-refractivity contribution < 1.29 is 22.7 Å². The van der Waals surface area contributed by atoms with E-state index in [1.807, 2.05) is 0 Å². The number of β-lactam (4-membered cyclic amide) rings is 1. The Bertz CT molecular complexity index is 899. The van der Waals surface area contributed by atoms with Crippen LogP contribution in [0.4, 0.5) is 0 Å². The topological polar surface area (TPSA) is 124 Å². The number of aryl methyl sites for hydroxylation is 1. The second-order valence-corrected chi connectivity index (χ2v) is 10.3. The summed E-state index contributed by atoms with van der Waals surface area (Å²) in [4.78, 5) is 25.6. The van der Waals surface area contributed by atoms with Gasteiger partial charge in [0, 0.05) is 12.5 Å². The van der Waals surface area contributed by atoms with Crippen LogP contribution < -0.4 is 0 Å². The Morgan fingerprint density at radius 2 is 2.08 bits per heavy atom. The smallest absolute Gasteiger partial charge is 0.233 e. The highest BCUT2D eigenvalue weighted by atomic mass is 32.2. The predicted octanol–water partition coefficient (Wildman–Crippen LogP) is 0.0899. The van der Waals surface area contributed by atoms with Crippen molar-refractivity contribution in [2.75, 3.05) is 12.4 Å². The minimum Gasteiger partial charge on any atom is -0.470 e. The Morgan fingerprint density at radius 3 is 2.62 bits per heavy atom. The maximum absolute atomic E-state index is 12.4. The average Bonchev–Trinajstić information content (AvgIpc) is 2.90. The van der Waals surface area contributed by atoms with Gasteiger partial charge in [0.15, 0.2) is 21.0 Å². The van der Waals surface area contributed by atoms with Gasteiger partial charge >= 0.3 is 0 Å². The summed E-state index contributed by atoms with van der Waals surface area (Å²) in [5, 5.41) is 10.4. The zero-order valence-corrected chi connectivity index (χ0v) is 16.4. The highest BCUT2D eigenvalue weighted by molar-refractivity contribution is 8.04. The van der Waals surface area contributed by atoms with Crippen LogP contribution in [0.1, 0.15) is 27.2 Å². The van der Waals surface area contributed by atoms with Gasteiger partial charge in [-0.1, -0.05) is 20.8 Å². The van der Waals surface area contributed by atoms with Gasteiger partial charge in [0.25, 0.3) is 0 Å². The van der Waals surface area contributed by atoms with E-state index in [9.17, 15) is 18.0 Å². The molecule has 0 aromatic carbocycles. The lowest BCUT2D eigenvalue weighted by Crippen LogP contribution is -2.59. The summed E-state index contributed by atoms with van der Waals surface area (Å²) in [5.74, 6) is -0.706. The third-order valence-electron chi connectivity index (χ3n) is 4.08. The van der Waals surface area contributed by atoms with Gasteiger partial charge in [-0.25, -0.2) is 13.1 Å². The molecule has 26 heavy (non-hydrogen) atoms. The molecule has 0 aliphatic carbocycles. The molecule has 0 bridgehead atoms. The molecule has 1 aromatic rings. The van der Waals surface area contributed by atoms with E-state index in [2.05, 4.69) is 15.5 Å². The van der Waals surface area contributed by atoms with Crippen molar-refractivity contribution in [2.24, 2.45) is 12.5 Å². The molecule has 0 saturated carbocycles. The monoisotopic (exact) mass is 401 g/mol. The summed E-state index contributed by atoms with van der Waals surface area (Å²) >= 11 is 1.01. The number of carbonyl (C=O) groups excluding carboxylic acids is 2. The second-order valence-electron chi connectivity index (χ2n) is 7.11. The third kappa shape index (κ3) is 3.34. The molecule has 1 amide bonds. The Balaban J connectivity index is 1.95. The minimum atomic E-state index is -3.54. The van der Waals surface area contributed by atoms with Crippen LogP contribution in [-0.2, 0) is 31.2 Å². The summed E-state index contributed by atoms with van der Waals surface area (Å²) in [6, 6.07) is 0. The van der Waals surface area contributed by atoms with Gasteiger partial charge in [-0.3, -0.25) is 14.5 Å². The Morgan fingerprint density at radius 1 is 1.38 bits per heavy atom. The lowest BCUT2D eigenvalue weighted by Gasteiger charge is -2.43.